The Morgan fingerprint density at radius 1 is 1.13 bits per heavy atom. The number of allylic oxidation sites excluding steroid dienone is 1. The summed E-state index contributed by atoms with van der Waals surface area (Å²) >= 11 is 0. The van der Waals surface area contributed by atoms with E-state index in [1.165, 1.54) is 6.07 Å². The minimum Gasteiger partial charge on any atom is -0.440 e. The Kier molecular flexibility index (Phi) is 3.51. The zero-order chi connectivity index (χ0) is 22.5. The summed E-state index contributed by atoms with van der Waals surface area (Å²) < 4.78 is 11.0. The molecule has 2 N–H and O–H groups in total. The molecule has 1 amide bonds. The van der Waals surface area contributed by atoms with Gasteiger partial charge in [-0.3, -0.25) is 4.79 Å². The second kappa shape index (κ2) is 5.67. The van der Waals surface area contributed by atoms with Crippen LogP contribution in [0.4, 0.5) is 5.69 Å². The third-order valence-corrected chi connectivity index (χ3v) is 6.34. The molecule has 1 spiro atoms. The van der Waals surface area contributed by atoms with Crippen LogP contribution in [0.5, 0.6) is 5.75 Å². The number of fused-ring (bicyclic) bond motifs is 3. The van der Waals surface area contributed by atoms with Gasteiger partial charge in [-0.25, -0.2) is 4.79 Å². The summed E-state index contributed by atoms with van der Waals surface area (Å²) in [6.45, 7) is 9.38. The summed E-state index contributed by atoms with van der Waals surface area (Å²) in [6.07, 6.45) is 2.02. The Balaban J connectivity index is 2.03. The molecule has 31 heavy (non-hydrogen) atoms. The molecular weight excluding hydrogens is 394 g/mol. The normalized spacial score (nSPS) is 22.6. The molecule has 1 aromatic heterocycles. The van der Waals surface area contributed by atoms with Gasteiger partial charge in [-0.15, -0.1) is 0 Å². The second-order valence-corrected chi connectivity index (χ2v) is 8.92. The van der Waals surface area contributed by atoms with Gasteiger partial charge in [-0.1, -0.05) is 17.7 Å². The summed E-state index contributed by atoms with van der Waals surface area (Å²) in [4.78, 5) is 29.2. The highest BCUT2D eigenvalue weighted by atomic mass is 16.5. The van der Waals surface area contributed by atoms with E-state index in [1.807, 2.05) is 45.9 Å². The summed E-state index contributed by atoms with van der Waals surface area (Å²) in [5, 5.41) is 10.1. The summed E-state index contributed by atoms with van der Waals surface area (Å²) in [6, 6.07) is 7.46. The fraction of sp³-hybridized carbons (Fsp3) is 0.292. The molecule has 1 atom stereocenters. The molecule has 0 saturated heterocycles. The number of nitrogens with zero attached hydrogens (tertiary/aromatic N) is 2. The Bertz CT molecular complexity index is 1390. The number of hydrogen-bond acceptors (Lipinski definition) is 6. The number of carbonyl (C=O) groups excluding carboxylic acids is 1. The molecule has 0 aliphatic carbocycles. The average Bonchev–Trinajstić information content (AvgIpc) is 2.89. The number of anilines is 1. The second-order valence-electron chi connectivity index (χ2n) is 8.92. The van der Waals surface area contributed by atoms with Crippen molar-refractivity contribution in [2.24, 2.45) is 5.73 Å². The molecular formula is C24H21N3O4. The first-order valence-electron chi connectivity index (χ1n) is 9.97. The van der Waals surface area contributed by atoms with E-state index in [0.717, 1.165) is 16.7 Å². The molecule has 0 fully saturated rings. The van der Waals surface area contributed by atoms with Crippen molar-refractivity contribution >= 4 is 17.2 Å². The van der Waals surface area contributed by atoms with Crippen LogP contribution in [0, 0.1) is 25.2 Å². The monoisotopic (exact) mass is 415 g/mol. The molecule has 2 aromatic rings. The average molecular weight is 415 g/mol. The van der Waals surface area contributed by atoms with Crippen LogP contribution < -0.4 is 21.0 Å². The molecule has 5 rings (SSSR count). The molecule has 7 nitrogen and oxygen atoms in total. The fourth-order valence-electron chi connectivity index (χ4n) is 5.32. The first kappa shape index (κ1) is 19.2. The Hall–Kier alpha value is -3.79. The highest BCUT2D eigenvalue weighted by Crippen LogP contribution is 2.59. The standard InChI is InChI=1S/C24H21N3O4/c1-11-6-14-12(2)9-23(4,5)27-19(14)15(7-11)24(22(27)29)16(10-25)20(26)31-17-8-13(3)30-21(28)18(17)24/h6-9H,26H2,1-5H3/t24-/m0/s1. The van der Waals surface area contributed by atoms with E-state index in [2.05, 4.69) is 6.07 Å². The number of ether oxygens (including phenoxy) is 1. The van der Waals surface area contributed by atoms with Crippen molar-refractivity contribution in [1.29, 1.82) is 5.26 Å². The quantitative estimate of drug-likeness (QED) is 0.708. The first-order valence-corrected chi connectivity index (χ1v) is 9.97. The Labute approximate surface area is 179 Å². The summed E-state index contributed by atoms with van der Waals surface area (Å²) in [7, 11) is 0. The number of hydrogen-bond donors (Lipinski definition) is 1. The largest absolute Gasteiger partial charge is 0.440 e. The number of aryl methyl sites for hydroxylation is 2. The lowest BCUT2D eigenvalue weighted by molar-refractivity contribution is -0.121. The number of nitriles is 1. The van der Waals surface area contributed by atoms with Crippen molar-refractivity contribution in [2.45, 2.75) is 45.6 Å². The van der Waals surface area contributed by atoms with Crippen molar-refractivity contribution < 1.29 is 13.9 Å². The molecule has 0 radical (unpaired) electrons. The van der Waals surface area contributed by atoms with Gasteiger partial charge in [0, 0.05) is 17.2 Å². The third-order valence-electron chi connectivity index (χ3n) is 6.34. The van der Waals surface area contributed by atoms with Crippen LogP contribution in [0.15, 0.2) is 44.9 Å². The van der Waals surface area contributed by atoms with Crippen LogP contribution in [0.2, 0.25) is 0 Å². The topological polar surface area (TPSA) is 110 Å². The minimum atomic E-state index is -1.73. The predicted molar refractivity (Wildman–Crippen MR) is 114 cm³/mol. The Morgan fingerprint density at radius 2 is 1.84 bits per heavy atom. The third kappa shape index (κ3) is 2.12. The van der Waals surface area contributed by atoms with Gasteiger partial charge < -0.3 is 19.8 Å². The van der Waals surface area contributed by atoms with E-state index in [-0.39, 0.29) is 22.8 Å². The molecule has 1 aromatic carbocycles. The van der Waals surface area contributed by atoms with Crippen LogP contribution in [-0.2, 0) is 10.2 Å². The number of carbonyl (C=O) groups is 1. The SMILES string of the molecule is CC1=CC(C)(C)N2C(=O)[C@]3(C(C#N)=C(N)Oc4cc(C)oc(=O)c43)c3cc(C)cc1c32. The Morgan fingerprint density at radius 3 is 2.52 bits per heavy atom. The van der Waals surface area contributed by atoms with Crippen molar-refractivity contribution in [3.63, 3.8) is 0 Å². The van der Waals surface area contributed by atoms with Crippen LogP contribution in [0.3, 0.4) is 0 Å². The van der Waals surface area contributed by atoms with Crippen LogP contribution in [0.25, 0.3) is 5.57 Å². The first-order chi connectivity index (χ1) is 14.5. The van der Waals surface area contributed by atoms with E-state index in [0.29, 0.717) is 17.0 Å². The van der Waals surface area contributed by atoms with E-state index in [9.17, 15) is 14.9 Å². The van der Waals surface area contributed by atoms with Crippen LogP contribution >= 0.6 is 0 Å². The van der Waals surface area contributed by atoms with Gasteiger partial charge in [0.05, 0.1) is 11.2 Å². The van der Waals surface area contributed by atoms with Crippen LogP contribution in [0.1, 0.15) is 48.8 Å². The van der Waals surface area contributed by atoms with E-state index in [1.54, 1.807) is 11.8 Å². The lowest BCUT2D eigenvalue weighted by atomic mass is 9.68. The van der Waals surface area contributed by atoms with E-state index < -0.39 is 22.5 Å². The number of amides is 1. The summed E-state index contributed by atoms with van der Waals surface area (Å²) in [5.41, 5.74) is 6.97. The zero-order valence-electron chi connectivity index (χ0n) is 17.9. The maximum absolute atomic E-state index is 14.3. The maximum Gasteiger partial charge on any atom is 0.344 e. The minimum absolute atomic E-state index is 0.00972. The molecule has 0 bridgehead atoms. The fourth-order valence-corrected chi connectivity index (χ4v) is 5.32. The molecule has 0 saturated carbocycles. The smallest absolute Gasteiger partial charge is 0.344 e. The number of rotatable bonds is 0. The lowest BCUT2D eigenvalue weighted by Crippen LogP contribution is -2.54. The van der Waals surface area contributed by atoms with Gasteiger partial charge in [-0.2, -0.15) is 5.26 Å². The lowest BCUT2D eigenvalue weighted by Gasteiger charge is -2.40. The number of nitrogens with two attached hydrogens (primary N) is 1. The maximum atomic E-state index is 14.3. The van der Waals surface area contributed by atoms with Gasteiger partial charge in [0.25, 0.3) is 0 Å². The molecule has 156 valence electrons. The van der Waals surface area contributed by atoms with Gasteiger partial charge in [0.2, 0.25) is 11.8 Å². The number of benzene rings is 1. The van der Waals surface area contributed by atoms with Crippen molar-refractivity contribution in [3.05, 3.63) is 74.2 Å². The molecule has 3 aliphatic rings. The van der Waals surface area contributed by atoms with Gasteiger partial charge in [0.1, 0.15) is 28.7 Å². The highest BCUT2D eigenvalue weighted by molar-refractivity contribution is 6.17. The predicted octanol–water partition coefficient (Wildman–Crippen LogP) is 3.17. The van der Waals surface area contributed by atoms with Gasteiger partial charge >= 0.3 is 5.63 Å². The van der Waals surface area contributed by atoms with Crippen molar-refractivity contribution in [2.75, 3.05) is 4.90 Å². The van der Waals surface area contributed by atoms with Gasteiger partial charge in [-0.05, 0) is 46.3 Å². The molecule has 4 heterocycles. The van der Waals surface area contributed by atoms with E-state index in [4.69, 9.17) is 14.9 Å². The molecule has 7 heteroatoms. The highest BCUT2D eigenvalue weighted by Gasteiger charge is 2.64. The van der Waals surface area contributed by atoms with E-state index >= 15 is 0 Å². The van der Waals surface area contributed by atoms with Crippen LogP contribution in [-0.4, -0.2) is 11.4 Å². The summed E-state index contributed by atoms with van der Waals surface area (Å²) in [5.74, 6) is -0.146. The molecule has 3 aliphatic heterocycles. The molecule has 0 unspecified atom stereocenters. The van der Waals surface area contributed by atoms with Crippen molar-refractivity contribution in [1.82, 2.24) is 0 Å². The van der Waals surface area contributed by atoms with Gasteiger partial charge in [0.15, 0.2) is 5.41 Å². The zero-order valence-corrected chi connectivity index (χ0v) is 17.9. The van der Waals surface area contributed by atoms with Crippen molar-refractivity contribution in [3.8, 4) is 11.8 Å².